The van der Waals surface area contributed by atoms with Gasteiger partial charge in [0.05, 0.1) is 0 Å². The molecule has 1 saturated heterocycles. The lowest BCUT2D eigenvalue weighted by Crippen LogP contribution is -2.48. The molecule has 0 aromatic heterocycles. The van der Waals surface area contributed by atoms with Gasteiger partial charge in [-0.15, -0.1) is 12.4 Å². The summed E-state index contributed by atoms with van der Waals surface area (Å²) >= 11 is 0. The van der Waals surface area contributed by atoms with Gasteiger partial charge >= 0.3 is 0 Å². The van der Waals surface area contributed by atoms with E-state index in [1.807, 2.05) is 4.90 Å². The highest BCUT2D eigenvalue weighted by Crippen LogP contribution is 2.43. The molecule has 1 saturated carbocycles. The smallest absolute Gasteiger partial charge is 0.166 e. The van der Waals surface area contributed by atoms with Crippen molar-refractivity contribution in [3.05, 3.63) is 34.9 Å². The molecular weight excluding hydrogens is 320 g/mol. The summed E-state index contributed by atoms with van der Waals surface area (Å²) in [6.07, 6.45) is 2.67. The Balaban J connectivity index is 0.00000176. The Bertz CT molecular complexity index is 505. The zero-order chi connectivity index (χ0) is 15.0. The van der Waals surface area contributed by atoms with Gasteiger partial charge in [0.25, 0.3) is 0 Å². The number of nitrogens with zero attached hydrogens (tertiary/aromatic N) is 1. The number of hydrogen-bond donors (Lipinski definition) is 1. The summed E-state index contributed by atoms with van der Waals surface area (Å²) < 4.78 is 55.3. The lowest BCUT2D eigenvalue weighted by molar-refractivity contribution is 0.0772. The van der Waals surface area contributed by atoms with Crippen molar-refractivity contribution in [2.75, 3.05) is 26.2 Å². The van der Waals surface area contributed by atoms with Crippen LogP contribution in [-0.4, -0.2) is 31.1 Å². The maximum atomic E-state index is 14.1. The van der Waals surface area contributed by atoms with Crippen LogP contribution >= 0.6 is 12.4 Å². The zero-order valence-electron chi connectivity index (χ0n) is 12.0. The minimum atomic E-state index is -1.32. The lowest BCUT2D eigenvalue weighted by atomic mass is 9.76. The highest BCUT2D eigenvalue weighted by Gasteiger charge is 2.38. The highest BCUT2D eigenvalue weighted by molar-refractivity contribution is 5.85. The van der Waals surface area contributed by atoms with Crippen LogP contribution in [0.5, 0.6) is 0 Å². The Labute approximate surface area is 133 Å². The van der Waals surface area contributed by atoms with Crippen molar-refractivity contribution in [1.29, 1.82) is 0 Å². The molecule has 0 bridgehead atoms. The first kappa shape index (κ1) is 17.5. The minimum Gasteiger partial charge on any atom is -0.314 e. The molecule has 3 rings (SSSR count). The van der Waals surface area contributed by atoms with E-state index < -0.39 is 34.9 Å². The van der Waals surface area contributed by atoms with Gasteiger partial charge in [0.15, 0.2) is 23.3 Å². The molecule has 1 heterocycles. The molecule has 0 unspecified atom stereocenters. The van der Waals surface area contributed by atoms with Gasteiger partial charge < -0.3 is 5.32 Å². The van der Waals surface area contributed by atoms with Crippen LogP contribution in [-0.2, 0) is 0 Å². The summed E-state index contributed by atoms with van der Waals surface area (Å²) in [6, 6.07) is -0.296. The molecule has 2 fully saturated rings. The number of benzene rings is 1. The SMILES string of the molecule is Cl.Fc1cc(F)c(F)c([C@H](C2CCC2)N2CCNCC2)c1F. The first-order valence-electron chi connectivity index (χ1n) is 7.37. The first-order chi connectivity index (χ1) is 10.1. The molecule has 1 aliphatic heterocycles. The maximum absolute atomic E-state index is 14.1. The number of rotatable bonds is 3. The number of hydrogen-bond acceptors (Lipinski definition) is 2. The molecule has 0 amide bonds. The largest absolute Gasteiger partial charge is 0.314 e. The molecule has 1 N–H and O–H groups in total. The molecule has 0 spiro atoms. The summed E-state index contributed by atoms with van der Waals surface area (Å²) in [6.45, 7) is 2.67. The average Bonchev–Trinajstić information content (AvgIpc) is 2.43. The van der Waals surface area contributed by atoms with E-state index in [1.54, 1.807) is 0 Å². The van der Waals surface area contributed by atoms with Crippen molar-refractivity contribution in [2.24, 2.45) is 5.92 Å². The van der Waals surface area contributed by atoms with Crippen LogP contribution in [0.1, 0.15) is 30.9 Å². The molecule has 7 heteroatoms. The summed E-state index contributed by atoms with van der Waals surface area (Å²) in [5.41, 5.74) is -0.431. The van der Waals surface area contributed by atoms with Crippen molar-refractivity contribution in [1.82, 2.24) is 10.2 Å². The molecular formula is C15H19ClF4N2. The molecule has 22 heavy (non-hydrogen) atoms. The fourth-order valence-corrected chi connectivity index (χ4v) is 3.28. The average molecular weight is 339 g/mol. The van der Waals surface area contributed by atoms with Gasteiger partial charge in [-0.2, -0.15) is 0 Å². The van der Waals surface area contributed by atoms with Crippen LogP contribution in [0, 0.1) is 29.2 Å². The second-order valence-electron chi connectivity index (χ2n) is 5.80. The van der Waals surface area contributed by atoms with E-state index >= 15 is 0 Å². The first-order valence-corrected chi connectivity index (χ1v) is 7.37. The van der Waals surface area contributed by atoms with Crippen molar-refractivity contribution in [3.63, 3.8) is 0 Å². The Morgan fingerprint density at radius 1 is 1.00 bits per heavy atom. The Hall–Kier alpha value is -0.850. The molecule has 124 valence electrons. The van der Waals surface area contributed by atoms with Gasteiger partial charge in [-0.25, -0.2) is 17.6 Å². The van der Waals surface area contributed by atoms with E-state index in [-0.39, 0.29) is 24.4 Å². The summed E-state index contributed by atoms with van der Waals surface area (Å²) in [5.74, 6) is -5.06. The van der Waals surface area contributed by atoms with E-state index in [2.05, 4.69) is 5.32 Å². The van der Waals surface area contributed by atoms with E-state index in [0.29, 0.717) is 26.2 Å². The molecule has 2 nitrogen and oxygen atoms in total. The van der Waals surface area contributed by atoms with Crippen LogP contribution in [0.3, 0.4) is 0 Å². The summed E-state index contributed by atoms with van der Waals surface area (Å²) in [7, 11) is 0. The van der Waals surface area contributed by atoms with Crippen LogP contribution in [0.2, 0.25) is 0 Å². The Morgan fingerprint density at radius 2 is 1.55 bits per heavy atom. The van der Waals surface area contributed by atoms with E-state index in [1.165, 1.54) is 0 Å². The third kappa shape index (κ3) is 3.09. The van der Waals surface area contributed by atoms with Gasteiger partial charge in [0.1, 0.15) is 0 Å². The topological polar surface area (TPSA) is 15.3 Å². The van der Waals surface area contributed by atoms with Crippen LogP contribution in [0.25, 0.3) is 0 Å². The van der Waals surface area contributed by atoms with E-state index in [0.717, 1.165) is 19.3 Å². The summed E-state index contributed by atoms with van der Waals surface area (Å²) in [4.78, 5) is 1.95. The third-order valence-corrected chi connectivity index (χ3v) is 4.58. The normalized spacial score (nSPS) is 21.1. The van der Waals surface area contributed by atoms with Crippen molar-refractivity contribution >= 4 is 12.4 Å². The van der Waals surface area contributed by atoms with Crippen molar-refractivity contribution in [3.8, 4) is 0 Å². The fourth-order valence-electron chi connectivity index (χ4n) is 3.28. The minimum absolute atomic E-state index is 0. The number of nitrogens with one attached hydrogen (secondary N) is 1. The molecule has 0 radical (unpaired) electrons. The molecule has 1 atom stereocenters. The molecule has 1 aromatic rings. The van der Waals surface area contributed by atoms with Crippen LogP contribution in [0.4, 0.5) is 17.6 Å². The molecule has 2 aliphatic rings. The number of halogens is 5. The maximum Gasteiger partial charge on any atom is 0.166 e. The van der Waals surface area contributed by atoms with Gasteiger partial charge in [0.2, 0.25) is 0 Å². The number of piperazine rings is 1. The van der Waals surface area contributed by atoms with Gasteiger partial charge in [0, 0.05) is 43.9 Å². The highest BCUT2D eigenvalue weighted by atomic mass is 35.5. The summed E-state index contributed by atoms with van der Waals surface area (Å²) in [5, 5.41) is 3.17. The lowest BCUT2D eigenvalue weighted by Gasteiger charge is -2.43. The monoisotopic (exact) mass is 338 g/mol. The fraction of sp³-hybridized carbons (Fsp3) is 0.600. The predicted molar refractivity (Wildman–Crippen MR) is 78.0 cm³/mol. The van der Waals surface area contributed by atoms with Gasteiger partial charge in [-0.05, 0) is 18.8 Å². The van der Waals surface area contributed by atoms with Crippen LogP contribution < -0.4 is 5.32 Å². The second kappa shape index (κ2) is 7.15. The Kier molecular flexibility index (Phi) is 5.69. The third-order valence-electron chi connectivity index (χ3n) is 4.58. The molecule has 1 aliphatic carbocycles. The Morgan fingerprint density at radius 3 is 2.00 bits per heavy atom. The predicted octanol–water partition coefficient (Wildman–Crippen LogP) is 3.41. The second-order valence-corrected chi connectivity index (χ2v) is 5.80. The van der Waals surface area contributed by atoms with Crippen molar-refractivity contribution < 1.29 is 17.6 Å². The van der Waals surface area contributed by atoms with Gasteiger partial charge in [-0.1, -0.05) is 6.42 Å². The zero-order valence-corrected chi connectivity index (χ0v) is 12.9. The molecule has 1 aromatic carbocycles. The van der Waals surface area contributed by atoms with E-state index in [9.17, 15) is 17.6 Å². The van der Waals surface area contributed by atoms with E-state index in [4.69, 9.17) is 0 Å². The van der Waals surface area contributed by atoms with Crippen LogP contribution in [0.15, 0.2) is 6.07 Å². The van der Waals surface area contributed by atoms with Gasteiger partial charge in [-0.3, -0.25) is 4.90 Å². The van der Waals surface area contributed by atoms with Crippen molar-refractivity contribution in [2.45, 2.75) is 25.3 Å². The quantitative estimate of drug-likeness (QED) is 0.671. The standard InChI is InChI=1S/C15H18F4N2.ClH/c16-10-8-11(17)14(19)12(13(10)18)15(9-2-1-3-9)21-6-4-20-5-7-21;/h8-9,15,20H,1-7H2;1H/t15-;/m0./s1.